The SMILES string of the molecule is CCCCC1CC(=O)N(C(C)(C)C)C1. The highest BCUT2D eigenvalue weighted by Crippen LogP contribution is 2.28. The molecule has 0 aromatic rings. The summed E-state index contributed by atoms with van der Waals surface area (Å²) in [4.78, 5) is 13.8. The van der Waals surface area contributed by atoms with Crippen LogP contribution in [0.3, 0.4) is 0 Å². The molecule has 0 spiro atoms. The first-order valence-corrected chi connectivity index (χ1v) is 5.75. The summed E-state index contributed by atoms with van der Waals surface area (Å²) in [5.74, 6) is 0.959. The second-order valence-electron chi connectivity index (χ2n) is 5.39. The molecule has 1 saturated heterocycles. The van der Waals surface area contributed by atoms with E-state index in [4.69, 9.17) is 0 Å². The van der Waals surface area contributed by atoms with Crippen LogP contribution in [-0.2, 0) is 4.79 Å². The maximum Gasteiger partial charge on any atom is 0.223 e. The molecule has 14 heavy (non-hydrogen) atoms. The van der Waals surface area contributed by atoms with E-state index >= 15 is 0 Å². The largest absolute Gasteiger partial charge is 0.338 e. The van der Waals surface area contributed by atoms with E-state index in [1.165, 1.54) is 19.3 Å². The van der Waals surface area contributed by atoms with Gasteiger partial charge < -0.3 is 4.90 Å². The van der Waals surface area contributed by atoms with Gasteiger partial charge in [-0.05, 0) is 33.1 Å². The van der Waals surface area contributed by atoms with Crippen molar-refractivity contribution in [2.75, 3.05) is 6.54 Å². The van der Waals surface area contributed by atoms with Crippen molar-refractivity contribution in [3.8, 4) is 0 Å². The van der Waals surface area contributed by atoms with E-state index < -0.39 is 0 Å². The number of amides is 1. The molecule has 1 aliphatic heterocycles. The molecule has 1 fully saturated rings. The normalized spacial score (nSPS) is 23.3. The van der Waals surface area contributed by atoms with Crippen LogP contribution in [0.25, 0.3) is 0 Å². The predicted octanol–water partition coefficient (Wildman–Crippen LogP) is 2.82. The van der Waals surface area contributed by atoms with Crippen molar-refractivity contribution < 1.29 is 4.79 Å². The molecule has 0 saturated carbocycles. The topological polar surface area (TPSA) is 20.3 Å². The van der Waals surface area contributed by atoms with Gasteiger partial charge in [-0.25, -0.2) is 0 Å². The molecule has 1 amide bonds. The first kappa shape index (κ1) is 11.5. The Hall–Kier alpha value is -0.530. The Kier molecular flexibility index (Phi) is 3.57. The lowest BCUT2D eigenvalue weighted by molar-refractivity contribution is -0.131. The van der Waals surface area contributed by atoms with Crippen molar-refractivity contribution in [2.24, 2.45) is 5.92 Å². The second-order valence-corrected chi connectivity index (χ2v) is 5.39. The van der Waals surface area contributed by atoms with Crippen molar-refractivity contribution >= 4 is 5.91 Å². The number of nitrogens with zero attached hydrogens (tertiary/aromatic N) is 1. The summed E-state index contributed by atoms with van der Waals surface area (Å²) in [7, 11) is 0. The van der Waals surface area contributed by atoms with Gasteiger partial charge in [-0.1, -0.05) is 19.8 Å². The third kappa shape index (κ3) is 2.73. The minimum absolute atomic E-state index is 0.0120. The van der Waals surface area contributed by atoms with Crippen molar-refractivity contribution in [3.63, 3.8) is 0 Å². The fourth-order valence-electron chi connectivity index (χ4n) is 2.12. The summed E-state index contributed by atoms with van der Waals surface area (Å²) in [6.45, 7) is 9.54. The van der Waals surface area contributed by atoms with E-state index in [0.29, 0.717) is 11.8 Å². The lowest BCUT2D eigenvalue weighted by Crippen LogP contribution is -2.42. The van der Waals surface area contributed by atoms with Gasteiger partial charge in [0, 0.05) is 18.5 Å². The Morgan fingerprint density at radius 1 is 1.43 bits per heavy atom. The highest BCUT2D eigenvalue weighted by Gasteiger charge is 2.35. The number of rotatable bonds is 3. The molecule has 1 rings (SSSR count). The van der Waals surface area contributed by atoms with E-state index in [1.54, 1.807) is 0 Å². The van der Waals surface area contributed by atoms with E-state index in [2.05, 4.69) is 27.7 Å². The Morgan fingerprint density at radius 2 is 2.07 bits per heavy atom. The summed E-state index contributed by atoms with van der Waals surface area (Å²) >= 11 is 0. The van der Waals surface area contributed by atoms with E-state index in [1.807, 2.05) is 4.90 Å². The Morgan fingerprint density at radius 3 is 2.50 bits per heavy atom. The molecule has 2 nitrogen and oxygen atoms in total. The van der Waals surface area contributed by atoms with E-state index in [0.717, 1.165) is 13.0 Å². The molecular weight excluding hydrogens is 174 g/mol. The van der Waals surface area contributed by atoms with Crippen LogP contribution in [-0.4, -0.2) is 22.9 Å². The maximum atomic E-state index is 11.7. The first-order chi connectivity index (χ1) is 6.45. The summed E-state index contributed by atoms with van der Waals surface area (Å²) in [6.07, 6.45) is 4.49. The van der Waals surface area contributed by atoms with Crippen molar-refractivity contribution in [1.82, 2.24) is 4.90 Å². The molecular formula is C12H23NO. The zero-order valence-corrected chi connectivity index (χ0v) is 9.97. The van der Waals surface area contributed by atoms with Crippen LogP contribution in [0.1, 0.15) is 53.4 Å². The number of likely N-dealkylation sites (tertiary alicyclic amines) is 1. The van der Waals surface area contributed by atoms with Gasteiger partial charge >= 0.3 is 0 Å². The molecule has 82 valence electrons. The van der Waals surface area contributed by atoms with Crippen LogP contribution in [0, 0.1) is 5.92 Å². The Balaban J connectivity index is 2.48. The molecule has 1 atom stereocenters. The third-order valence-electron chi connectivity index (χ3n) is 2.98. The highest BCUT2D eigenvalue weighted by atomic mass is 16.2. The summed E-state index contributed by atoms with van der Waals surface area (Å²) in [5, 5.41) is 0. The molecule has 0 bridgehead atoms. The fraction of sp³-hybridized carbons (Fsp3) is 0.917. The second kappa shape index (κ2) is 4.33. The van der Waals surface area contributed by atoms with Gasteiger partial charge in [-0.2, -0.15) is 0 Å². The van der Waals surface area contributed by atoms with Crippen molar-refractivity contribution in [3.05, 3.63) is 0 Å². The van der Waals surface area contributed by atoms with Crippen LogP contribution in [0.5, 0.6) is 0 Å². The zero-order valence-electron chi connectivity index (χ0n) is 9.97. The van der Waals surface area contributed by atoms with Crippen LogP contribution in [0.4, 0.5) is 0 Å². The molecule has 1 aliphatic rings. The Labute approximate surface area is 87.7 Å². The molecule has 1 unspecified atom stereocenters. The number of hydrogen-bond acceptors (Lipinski definition) is 1. The van der Waals surface area contributed by atoms with Gasteiger partial charge in [-0.3, -0.25) is 4.79 Å². The lowest BCUT2D eigenvalue weighted by atomic mass is 10.0. The zero-order chi connectivity index (χ0) is 10.8. The molecule has 0 aromatic heterocycles. The number of carbonyl (C=O) groups is 1. The van der Waals surface area contributed by atoms with Crippen LogP contribution in [0.2, 0.25) is 0 Å². The molecule has 0 radical (unpaired) electrons. The lowest BCUT2D eigenvalue weighted by Gasteiger charge is -2.32. The Bertz CT molecular complexity index is 205. The summed E-state index contributed by atoms with van der Waals surface area (Å²) in [5.41, 5.74) is 0.0120. The first-order valence-electron chi connectivity index (χ1n) is 5.75. The van der Waals surface area contributed by atoms with Gasteiger partial charge in [0.2, 0.25) is 5.91 Å². The standard InChI is InChI=1S/C12H23NO/c1-5-6-7-10-8-11(14)13(9-10)12(2,3)4/h10H,5-9H2,1-4H3. The quantitative estimate of drug-likeness (QED) is 0.681. The molecule has 0 aliphatic carbocycles. The molecule has 0 aromatic carbocycles. The minimum atomic E-state index is 0.0120. The van der Waals surface area contributed by atoms with Crippen LogP contribution < -0.4 is 0 Å². The summed E-state index contributed by atoms with van der Waals surface area (Å²) < 4.78 is 0. The molecule has 0 N–H and O–H groups in total. The number of hydrogen-bond donors (Lipinski definition) is 0. The number of carbonyl (C=O) groups excluding carboxylic acids is 1. The van der Waals surface area contributed by atoms with Gasteiger partial charge in [0.15, 0.2) is 0 Å². The average molecular weight is 197 g/mol. The fourth-order valence-corrected chi connectivity index (χ4v) is 2.12. The molecule has 1 heterocycles. The predicted molar refractivity (Wildman–Crippen MR) is 59.1 cm³/mol. The average Bonchev–Trinajstić information content (AvgIpc) is 2.42. The third-order valence-corrected chi connectivity index (χ3v) is 2.98. The van der Waals surface area contributed by atoms with E-state index in [-0.39, 0.29) is 5.54 Å². The highest BCUT2D eigenvalue weighted by molar-refractivity contribution is 5.79. The molecule has 2 heteroatoms. The van der Waals surface area contributed by atoms with Gasteiger partial charge in [0.1, 0.15) is 0 Å². The van der Waals surface area contributed by atoms with Gasteiger partial charge in [0.25, 0.3) is 0 Å². The van der Waals surface area contributed by atoms with Crippen LogP contribution in [0.15, 0.2) is 0 Å². The smallest absolute Gasteiger partial charge is 0.223 e. The van der Waals surface area contributed by atoms with Crippen LogP contribution >= 0.6 is 0 Å². The monoisotopic (exact) mass is 197 g/mol. The van der Waals surface area contributed by atoms with Gasteiger partial charge in [-0.15, -0.1) is 0 Å². The maximum absolute atomic E-state index is 11.7. The van der Waals surface area contributed by atoms with E-state index in [9.17, 15) is 4.79 Å². The van der Waals surface area contributed by atoms with Gasteiger partial charge in [0.05, 0.1) is 0 Å². The number of unbranched alkanes of at least 4 members (excludes halogenated alkanes) is 1. The van der Waals surface area contributed by atoms with Crippen molar-refractivity contribution in [2.45, 2.75) is 58.9 Å². The minimum Gasteiger partial charge on any atom is -0.338 e. The van der Waals surface area contributed by atoms with Crippen molar-refractivity contribution in [1.29, 1.82) is 0 Å². The summed E-state index contributed by atoms with van der Waals surface area (Å²) in [6, 6.07) is 0.